The maximum Gasteiger partial charge on any atom is 0.228 e. The number of ether oxygens (including phenoxy) is 2. The number of anilines is 1. The predicted octanol–water partition coefficient (Wildman–Crippen LogP) is 3.71. The van der Waals surface area contributed by atoms with Gasteiger partial charge in [0.05, 0.1) is 26.2 Å². The van der Waals surface area contributed by atoms with E-state index in [1.807, 2.05) is 62.4 Å². The number of methoxy groups -OCH3 is 2. The topological polar surface area (TPSA) is 67.9 Å². The molecule has 1 aliphatic heterocycles. The number of hydrogen-bond donors (Lipinski definition) is 1. The van der Waals surface area contributed by atoms with Crippen molar-refractivity contribution in [3.05, 3.63) is 54.1 Å². The third-order valence-electron chi connectivity index (χ3n) is 5.47. The van der Waals surface area contributed by atoms with Crippen molar-refractivity contribution in [3.8, 4) is 11.5 Å². The number of nitrogens with zero attached hydrogens (tertiary/aromatic N) is 1. The van der Waals surface area contributed by atoms with Crippen LogP contribution in [0, 0.1) is 5.92 Å². The third kappa shape index (κ3) is 4.36. The zero-order valence-electron chi connectivity index (χ0n) is 17.3. The molecule has 3 unspecified atom stereocenters. The highest BCUT2D eigenvalue weighted by Gasteiger charge is 2.45. The number of carbonyl (C=O) groups is 2. The first kappa shape index (κ1) is 20.7. The van der Waals surface area contributed by atoms with Gasteiger partial charge in [0.1, 0.15) is 11.5 Å². The smallest absolute Gasteiger partial charge is 0.228 e. The van der Waals surface area contributed by atoms with Gasteiger partial charge in [-0.2, -0.15) is 0 Å². The molecule has 6 nitrogen and oxygen atoms in total. The van der Waals surface area contributed by atoms with Crippen LogP contribution in [0.2, 0.25) is 0 Å². The number of nitrogens with one attached hydrogen (secondary N) is 1. The number of amides is 2. The quantitative estimate of drug-likeness (QED) is 0.775. The summed E-state index contributed by atoms with van der Waals surface area (Å²) in [4.78, 5) is 27.7. The summed E-state index contributed by atoms with van der Waals surface area (Å²) in [5.74, 6) is 0.818. The van der Waals surface area contributed by atoms with Gasteiger partial charge in [-0.3, -0.25) is 9.59 Å². The number of benzene rings is 2. The third-order valence-corrected chi connectivity index (χ3v) is 5.47. The highest BCUT2D eigenvalue weighted by atomic mass is 16.5. The molecule has 3 rings (SSSR count). The van der Waals surface area contributed by atoms with E-state index in [9.17, 15) is 9.59 Å². The van der Waals surface area contributed by atoms with Gasteiger partial charge in [0, 0.05) is 18.2 Å². The number of carbonyl (C=O) groups excluding carboxylic acids is 2. The molecule has 0 radical (unpaired) electrons. The molecule has 1 heterocycles. The summed E-state index contributed by atoms with van der Waals surface area (Å²) in [7, 11) is 3.21. The second-order valence-electron chi connectivity index (χ2n) is 7.31. The van der Waals surface area contributed by atoms with E-state index in [0.717, 1.165) is 23.4 Å². The minimum atomic E-state index is -0.466. The van der Waals surface area contributed by atoms with Crippen molar-refractivity contribution in [1.82, 2.24) is 5.32 Å². The highest BCUT2D eigenvalue weighted by molar-refractivity contribution is 6.01. The molecular formula is C23H28N2O4. The van der Waals surface area contributed by atoms with Gasteiger partial charge in [0.15, 0.2) is 0 Å². The van der Waals surface area contributed by atoms with Crippen molar-refractivity contribution in [3.63, 3.8) is 0 Å². The summed E-state index contributed by atoms with van der Waals surface area (Å²) in [6.07, 6.45) is 1.01. The maximum absolute atomic E-state index is 13.0. The van der Waals surface area contributed by atoms with Crippen LogP contribution in [-0.2, 0) is 9.59 Å². The molecule has 1 fully saturated rings. The lowest BCUT2D eigenvalue weighted by Crippen LogP contribution is -2.39. The molecule has 154 valence electrons. The van der Waals surface area contributed by atoms with Gasteiger partial charge < -0.3 is 19.7 Å². The largest absolute Gasteiger partial charge is 0.497 e. The van der Waals surface area contributed by atoms with Crippen LogP contribution in [0.25, 0.3) is 0 Å². The summed E-state index contributed by atoms with van der Waals surface area (Å²) in [6.45, 7) is 3.99. The van der Waals surface area contributed by atoms with E-state index in [1.54, 1.807) is 19.1 Å². The Morgan fingerprint density at radius 1 is 1.07 bits per heavy atom. The van der Waals surface area contributed by atoms with E-state index < -0.39 is 5.92 Å². The zero-order valence-corrected chi connectivity index (χ0v) is 17.3. The van der Waals surface area contributed by atoms with E-state index in [1.165, 1.54) is 0 Å². The van der Waals surface area contributed by atoms with Gasteiger partial charge in [-0.05, 0) is 55.3 Å². The molecule has 1 saturated heterocycles. The Bertz CT molecular complexity index is 848. The van der Waals surface area contributed by atoms with Crippen molar-refractivity contribution in [2.24, 2.45) is 5.92 Å². The van der Waals surface area contributed by atoms with E-state index in [2.05, 4.69) is 5.32 Å². The Kier molecular flexibility index (Phi) is 6.42. The van der Waals surface area contributed by atoms with Gasteiger partial charge >= 0.3 is 0 Å². The van der Waals surface area contributed by atoms with Crippen LogP contribution in [0.4, 0.5) is 5.69 Å². The van der Waals surface area contributed by atoms with Gasteiger partial charge in [-0.25, -0.2) is 0 Å². The van der Waals surface area contributed by atoms with E-state index in [-0.39, 0.29) is 30.3 Å². The van der Waals surface area contributed by atoms with Crippen LogP contribution in [0.3, 0.4) is 0 Å². The van der Waals surface area contributed by atoms with Crippen molar-refractivity contribution in [2.45, 2.75) is 38.8 Å². The molecule has 1 aliphatic rings. The monoisotopic (exact) mass is 396 g/mol. The summed E-state index contributed by atoms with van der Waals surface area (Å²) < 4.78 is 10.5. The molecule has 2 amide bonds. The normalized spacial score (nSPS) is 19.7. The molecule has 0 spiro atoms. The van der Waals surface area contributed by atoms with Gasteiger partial charge in [0.2, 0.25) is 11.8 Å². The molecule has 2 aromatic carbocycles. The standard InChI is InChI=1S/C23H28N2O4/c1-5-15(2)24-23(27)20-14-21(26)25(17-8-12-19(29-4)13-9-17)22(20)16-6-10-18(28-3)11-7-16/h6-13,15,20,22H,5,14H2,1-4H3,(H,24,27). The van der Waals surface area contributed by atoms with E-state index in [0.29, 0.717) is 5.75 Å². The molecule has 0 saturated carbocycles. The summed E-state index contributed by atoms with van der Waals surface area (Å²) in [5, 5.41) is 3.04. The minimum Gasteiger partial charge on any atom is -0.497 e. The molecule has 29 heavy (non-hydrogen) atoms. The average Bonchev–Trinajstić information content (AvgIpc) is 3.10. The fourth-order valence-electron chi connectivity index (χ4n) is 3.65. The zero-order chi connectivity index (χ0) is 21.0. The Balaban J connectivity index is 1.99. The van der Waals surface area contributed by atoms with E-state index in [4.69, 9.17) is 9.47 Å². The lowest BCUT2D eigenvalue weighted by molar-refractivity contribution is -0.127. The molecule has 6 heteroatoms. The van der Waals surface area contributed by atoms with Crippen LogP contribution >= 0.6 is 0 Å². The van der Waals surface area contributed by atoms with Crippen molar-refractivity contribution in [2.75, 3.05) is 19.1 Å². The lowest BCUT2D eigenvalue weighted by atomic mass is 9.92. The molecule has 0 aromatic heterocycles. The first-order valence-corrected chi connectivity index (χ1v) is 9.89. The molecule has 2 aromatic rings. The average molecular weight is 396 g/mol. The first-order chi connectivity index (χ1) is 14.0. The van der Waals surface area contributed by atoms with E-state index >= 15 is 0 Å². The van der Waals surface area contributed by atoms with Gasteiger partial charge in [-0.1, -0.05) is 19.1 Å². The Hall–Kier alpha value is -3.02. The van der Waals surface area contributed by atoms with Crippen LogP contribution in [0.1, 0.15) is 38.3 Å². The summed E-state index contributed by atoms with van der Waals surface area (Å²) in [6, 6.07) is 14.6. The summed E-state index contributed by atoms with van der Waals surface area (Å²) in [5.41, 5.74) is 1.65. The Labute approximate surface area is 171 Å². The predicted molar refractivity (Wildman–Crippen MR) is 112 cm³/mol. The fourth-order valence-corrected chi connectivity index (χ4v) is 3.65. The van der Waals surface area contributed by atoms with Gasteiger partial charge in [0.25, 0.3) is 0 Å². The molecule has 1 N–H and O–H groups in total. The maximum atomic E-state index is 13.0. The highest BCUT2D eigenvalue weighted by Crippen LogP contribution is 2.42. The summed E-state index contributed by atoms with van der Waals surface area (Å²) >= 11 is 0. The second-order valence-corrected chi connectivity index (χ2v) is 7.31. The van der Waals surface area contributed by atoms with Crippen LogP contribution in [0.5, 0.6) is 11.5 Å². The van der Waals surface area contributed by atoms with Crippen molar-refractivity contribution < 1.29 is 19.1 Å². The number of rotatable bonds is 7. The molecule has 3 atom stereocenters. The number of hydrogen-bond acceptors (Lipinski definition) is 4. The van der Waals surface area contributed by atoms with Crippen molar-refractivity contribution in [1.29, 1.82) is 0 Å². The Morgan fingerprint density at radius 2 is 1.62 bits per heavy atom. The first-order valence-electron chi connectivity index (χ1n) is 9.89. The van der Waals surface area contributed by atoms with Crippen molar-refractivity contribution >= 4 is 17.5 Å². The molecule has 0 aliphatic carbocycles. The van der Waals surface area contributed by atoms with Crippen LogP contribution in [0.15, 0.2) is 48.5 Å². The fraction of sp³-hybridized carbons (Fsp3) is 0.391. The lowest BCUT2D eigenvalue weighted by Gasteiger charge is -2.29. The Morgan fingerprint density at radius 3 is 2.14 bits per heavy atom. The van der Waals surface area contributed by atoms with Gasteiger partial charge in [-0.15, -0.1) is 0 Å². The molecule has 0 bridgehead atoms. The molecular weight excluding hydrogens is 368 g/mol. The minimum absolute atomic E-state index is 0.0594. The SMILES string of the molecule is CCC(C)NC(=O)C1CC(=O)N(c2ccc(OC)cc2)C1c1ccc(OC)cc1. The van der Waals surface area contributed by atoms with Crippen LogP contribution < -0.4 is 19.7 Å². The van der Waals surface area contributed by atoms with Crippen LogP contribution in [-0.4, -0.2) is 32.1 Å². The second kappa shape index (κ2) is 8.99.